The van der Waals surface area contributed by atoms with Crippen LogP contribution >= 0.6 is 15.9 Å². The molecule has 4 heteroatoms. The minimum atomic E-state index is -0.154. The summed E-state index contributed by atoms with van der Waals surface area (Å²) >= 11 is 3.36. The standard InChI is InChI=1S/C17H19BrN2O/c1-10(2)15-6-4-5-11(3)16(15)20-17(21)12-7-13(18)9-14(19)8-12/h4-10H,19H2,1-3H3,(H,20,21). The van der Waals surface area contributed by atoms with Gasteiger partial charge in [0.2, 0.25) is 0 Å². The number of para-hydroxylation sites is 1. The number of hydrogen-bond donors (Lipinski definition) is 2. The summed E-state index contributed by atoms with van der Waals surface area (Å²) < 4.78 is 0.793. The molecule has 0 aliphatic rings. The second kappa shape index (κ2) is 6.31. The maximum absolute atomic E-state index is 12.5. The summed E-state index contributed by atoms with van der Waals surface area (Å²) in [5.74, 6) is 0.187. The average Bonchev–Trinajstić information content (AvgIpc) is 2.39. The smallest absolute Gasteiger partial charge is 0.255 e. The third kappa shape index (κ3) is 3.64. The normalized spacial score (nSPS) is 10.7. The first-order valence-corrected chi connectivity index (χ1v) is 7.64. The minimum Gasteiger partial charge on any atom is -0.399 e. The molecule has 0 aromatic heterocycles. The van der Waals surface area contributed by atoms with Crippen molar-refractivity contribution >= 4 is 33.2 Å². The molecule has 0 saturated carbocycles. The fourth-order valence-electron chi connectivity index (χ4n) is 2.27. The summed E-state index contributed by atoms with van der Waals surface area (Å²) in [5, 5.41) is 3.02. The van der Waals surface area contributed by atoms with Crippen LogP contribution < -0.4 is 11.1 Å². The van der Waals surface area contributed by atoms with Crippen molar-refractivity contribution in [2.24, 2.45) is 0 Å². The molecule has 0 saturated heterocycles. The molecule has 3 N–H and O–H groups in total. The van der Waals surface area contributed by atoms with E-state index in [1.165, 1.54) is 0 Å². The number of nitrogen functional groups attached to an aromatic ring is 1. The van der Waals surface area contributed by atoms with Gasteiger partial charge in [0, 0.05) is 21.4 Å². The van der Waals surface area contributed by atoms with Gasteiger partial charge in [0.15, 0.2) is 0 Å². The van der Waals surface area contributed by atoms with Crippen LogP contribution in [0.2, 0.25) is 0 Å². The lowest BCUT2D eigenvalue weighted by Crippen LogP contribution is -2.15. The summed E-state index contributed by atoms with van der Waals surface area (Å²) in [6.45, 7) is 6.22. The number of nitrogens with one attached hydrogen (secondary N) is 1. The fraction of sp³-hybridized carbons (Fsp3) is 0.235. The SMILES string of the molecule is Cc1cccc(C(C)C)c1NC(=O)c1cc(N)cc(Br)c1. The van der Waals surface area contributed by atoms with Crippen LogP contribution in [-0.4, -0.2) is 5.91 Å². The van der Waals surface area contributed by atoms with Crippen molar-refractivity contribution in [3.8, 4) is 0 Å². The van der Waals surface area contributed by atoms with Gasteiger partial charge < -0.3 is 11.1 Å². The van der Waals surface area contributed by atoms with Gasteiger partial charge in [-0.1, -0.05) is 48.0 Å². The van der Waals surface area contributed by atoms with Crippen LogP contribution in [0, 0.1) is 6.92 Å². The molecule has 0 bridgehead atoms. The molecule has 0 unspecified atom stereocenters. The van der Waals surface area contributed by atoms with E-state index in [1.807, 2.05) is 25.1 Å². The molecule has 0 spiro atoms. The van der Waals surface area contributed by atoms with Gasteiger partial charge in [-0.2, -0.15) is 0 Å². The molecular formula is C17H19BrN2O. The fourth-order valence-corrected chi connectivity index (χ4v) is 2.78. The van der Waals surface area contributed by atoms with Crippen LogP contribution in [0.15, 0.2) is 40.9 Å². The van der Waals surface area contributed by atoms with E-state index in [1.54, 1.807) is 18.2 Å². The van der Waals surface area contributed by atoms with Gasteiger partial charge in [-0.25, -0.2) is 0 Å². The van der Waals surface area contributed by atoms with Crippen molar-refractivity contribution in [3.63, 3.8) is 0 Å². The Labute approximate surface area is 133 Å². The zero-order valence-corrected chi connectivity index (χ0v) is 14.0. The Hall–Kier alpha value is -1.81. The molecular weight excluding hydrogens is 328 g/mol. The molecule has 2 aromatic carbocycles. The van der Waals surface area contributed by atoms with Crippen LogP contribution in [0.1, 0.15) is 41.3 Å². The van der Waals surface area contributed by atoms with Gasteiger partial charge >= 0.3 is 0 Å². The number of carbonyl (C=O) groups is 1. The molecule has 3 nitrogen and oxygen atoms in total. The van der Waals surface area contributed by atoms with Gasteiger partial charge in [-0.15, -0.1) is 0 Å². The third-order valence-corrected chi connectivity index (χ3v) is 3.81. The van der Waals surface area contributed by atoms with Crippen LogP contribution in [-0.2, 0) is 0 Å². The van der Waals surface area contributed by atoms with Crippen molar-refractivity contribution in [1.82, 2.24) is 0 Å². The average molecular weight is 347 g/mol. The van der Waals surface area contributed by atoms with E-state index in [2.05, 4.69) is 35.1 Å². The second-order valence-electron chi connectivity index (χ2n) is 5.42. The molecule has 21 heavy (non-hydrogen) atoms. The summed E-state index contributed by atoms with van der Waals surface area (Å²) in [6.07, 6.45) is 0. The Kier molecular flexibility index (Phi) is 4.68. The Balaban J connectivity index is 2.36. The predicted molar refractivity (Wildman–Crippen MR) is 91.8 cm³/mol. The number of aryl methyl sites for hydroxylation is 1. The predicted octanol–water partition coefficient (Wildman–Crippen LogP) is 4.72. The lowest BCUT2D eigenvalue weighted by molar-refractivity contribution is 0.102. The van der Waals surface area contributed by atoms with E-state index in [0.717, 1.165) is 21.3 Å². The van der Waals surface area contributed by atoms with Crippen LogP contribution in [0.3, 0.4) is 0 Å². The van der Waals surface area contributed by atoms with Crippen molar-refractivity contribution in [2.45, 2.75) is 26.7 Å². The Bertz CT molecular complexity index is 660. The Morgan fingerprint density at radius 1 is 1.24 bits per heavy atom. The topological polar surface area (TPSA) is 55.1 Å². The first kappa shape index (κ1) is 15.6. The van der Waals surface area contributed by atoms with E-state index in [0.29, 0.717) is 17.2 Å². The quantitative estimate of drug-likeness (QED) is 0.790. The summed E-state index contributed by atoms with van der Waals surface area (Å²) in [7, 11) is 0. The van der Waals surface area contributed by atoms with Gasteiger partial charge in [0.05, 0.1) is 0 Å². The lowest BCUT2D eigenvalue weighted by Gasteiger charge is -2.16. The maximum Gasteiger partial charge on any atom is 0.255 e. The number of hydrogen-bond acceptors (Lipinski definition) is 2. The highest BCUT2D eigenvalue weighted by atomic mass is 79.9. The molecule has 0 fully saturated rings. The molecule has 1 amide bonds. The van der Waals surface area contributed by atoms with Crippen LogP contribution in [0.5, 0.6) is 0 Å². The minimum absolute atomic E-state index is 0.154. The molecule has 2 aromatic rings. The number of nitrogens with two attached hydrogens (primary N) is 1. The molecule has 2 rings (SSSR count). The number of rotatable bonds is 3. The first-order chi connectivity index (χ1) is 9.88. The highest BCUT2D eigenvalue weighted by Gasteiger charge is 2.14. The van der Waals surface area contributed by atoms with E-state index in [9.17, 15) is 4.79 Å². The van der Waals surface area contributed by atoms with E-state index < -0.39 is 0 Å². The Morgan fingerprint density at radius 3 is 2.57 bits per heavy atom. The molecule has 0 radical (unpaired) electrons. The van der Waals surface area contributed by atoms with Crippen molar-refractivity contribution < 1.29 is 4.79 Å². The molecule has 0 aliphatic carbocycles. The number of anilines is 2. The van der Waals surface area contributed by atoms with Crippen molar-refractivity contribution in [1.29, 1.82) is 0 Å². The zero-order valence-electron chi connectivity index (χ0n) is 12.4. The Morgan fingerprint density at radius 2 is 1.95 bits per heavy atom. The second-order valence-corrected chi connectivity index (χ2v) is 6.34. The molecule has 0 heterocycles. The monoisotopic (exact) mass is 346 g/mol. The number of carbonyl (C=O) groups excluding carboxylic acids is 1. The number of halogens is 1. The van der Waals surface area contributed by atoms with Crippen LogP contribution in [0.25, 0.3) is 0 Å². The third-order valence-electron chi connectivity index (χ3n) is 3.35. The van der Waals surface area contributed by atoms with Gasteiger partial charge in [-0.05, 0) is 42.2 Å². The van der Waals surface area contributed by atoms with E-state index >= 15 is 0 Å². The maximum atomic E-state index is 12.5. The number of amides is 1. The largest absolute Gasteiger partial charge is 0.399 e. The molecule has 0 atom stereocenters. The zero-order chi connectivity index (χ0) is 15.6. The first-order valence-electron chi connectivity index (χ1n) is 6.85. The summed E-state index contributed by atoms with van der Waals surface area (Å²) in [4.78, 5) is 12.5. The lowest BCUT2D eigenvalue weighted by atomic mass is 9.98. The van der Waals surface area contributed by atoms with Crippen molar-refractivity contribution in [3.05, 3.63) is 57.6 Å². The van der Waals surface area contributed by atoms with E-state index in [-0.39, 0.29) is 5.91 Å². The van der Waals surface area contributed by atoms with Gasteiger partial charge in [-0.3, -0.25) is 4.79 Å². The summed E-state index contributed by atoms with van der Waals surface area (Å²) in [6, 6.07) is 11.3. The molecule has 0 aliphatic heterocycles. The van der Waals surface area contributed by atoms with E-state index in [4.69, 9.17) is 5.73 Å². The molecule has 110 valence electrons. The van der Waals surface area contributed by atoms with Gasteiger partial charge in [0.25, 0.3) is 5.91 Å². The van der Waals surface area contributed by atoms with Crippen molar-refractivity contribution in [2.75, 3.05) is 11.1 Å². The number of benzene rings is 2. The van der Waals surface area contributed by atoms with Gasteiger partial charge in [0.1, 0.15) is 0 Å². The summed E-state index contributed by atoms with van der Waals surface area (Å²) in [5.41, 5.74) is 9.96. The van der Waals surface area contributed by atoms with Crippen LogP contribution in [0.4, 0.5) is 11.4 Å². The highest BCUT2D eigenvalue weighted by molar-refractivity contribution is 9.10. The highest BCUT2D eigenvalue weighted by Crippen LogP contribution is 2.28.